The topological polar surface area (TPSA) is 51.8 Å². The zero-order valence-electron chi connectivity index (χ0n) is 31.7. The highest BCUT2D eigenvalue weighted by Crippen LogP contribution is 2.62. The summed E-state index contributed by atoms with van der Waals surface area (Å²) in [7, 11) is 32.8. The van der Waals surface area contributed by atoms with Crippen LogP contribution >= 0.6 is 0 Å². The summed E-state index contributed by atoms with van der Waals surface area (Å²) in [5, 5.41) is 1.08. The number of hydrogen-bond donors (Lipinski definition) is 0. The van der Waals surface area contributed by atoms with Crippen molar-refractivity contribution in [2.75, 3.05) is 0 Å². The minimum atomic E-state index is -0.783. The molecule has 8 aromatic rings. The zero-order chi connectivity index (χ0) is 39.3. The Bertz CT molecular complexity index is 2910. The Balaban J connectivity index is 1.24. The molecule has 0 atom stereocenters. The molecule has 0 aliphatic heterocycles. The van der Waals surface area contributed by atoms with Gasteiger partial charge in [0.2, 0.25) is 0 Å². The number of benzene rings is 6. The second-order valence-corrected chi connectivity index (χ2v) is 15.6. The molecule has 2 bridgehead atoms. The molecule has 2 aromatic heterocycles. The smallest absolute Gasteiger partial charge is 0.163 e. The summed E-state index contributed by atoms with van der Waals surface area (Å²) < 4.78 is 6.40. The Morgan fingerprint density at radius 3 is 1.83 bits per heavy atom. The highest BCUT2D eigenvalue weighted by molar-refractivity contribution is 6.68. The van der Waals surface area contributed by atoms with E-state index >= 15 is 0 Å². The number of allylic oxidation sites excluding steroid dienone is 1. The number of hydrogen-bond acceptors (Lipinski definition) is 4. The minimum absolute atomic E-state index is 0.128. The van der Waals surface area contributed by atoms with Crippen LogP contribution in [-0.2, 0) is 11.8 Å². The van der Waals surface area contributed by atoms with Crippen molar-refractivity contribution in [1.82, 2.24) is 15.0 Å². The molecule has 0 saturated carbocycles. The van der Waals surface area contributed by atoms with E-state index < -0.39 is 5.41 Å². The lowest BCUT2D eigenvalue weighted by Crippen LogP contribution is -2.55. The fourth-order valence-corrected chi connectivity index (χ4v) is 9.94. The molecule has 9 heteroatoms. The maximum Gasteiger partial charge on any atom is 0.163 e. The van der Waals surface area contributed by atoms with Gasteiger partial charge in [0.1, 0.15) is 56.4 Å². The molecule has 12 rings (SSSR count). The van der Waals surface area contributed by atoms with Crippen LogP contribution in [0.25, 0.3) is 62.1 Å². The molecular formula is C49H30B5N3O. The summed E-state index contributed by atoms with van der Waals surface area (Å²) in [6.45, 7) is 0. The van der Waals surface area contributed by atoms with Gasteiger partial charge < -0.3 is 4.42 Å². The average molecular weight is 731 g/mol. The van der Waals surface area contributed by atoms with Crippen LogP contribution in [0.5, 0.6) is 0 Å². The van der Waals surface area contributed by atoms with Crippen molar-refractivity contribution in [2.45, 2.75) is 37.0 Å². The molecular weight excluding hydrogens is 701 g/mol. The van der Waals surface area contributed by atoms with Crippen molar-refractivity contribution in [2.24, 2.45) is 0 Å². The quantitative estimate of drug-likeness (QED) is 0.211. The summed E-state index contributed by atoms with van der Waals surface area (Å²) in [5.74, 6) is 2.32. The lowest BCUT2D eigenvalue weighted by atomic mass is 9.53. The summed E-state index contributed by atoms with van der Waals surface area (Å²) in [5.41, 5.74) is 12.6. The molecule has 4 aliphatic rings. The predicted octanol–water partition coefficient (Wildman–Crippen LogP) is 5.79. The monoisotopic (exact) mass is 731 g/mol. The van der Waals surface area contributed by atoms with Crippen LogP contribution in [0.3, 0.4) is 0 Å². The zero-order valence-corrected chi connectivity index (χ0v) is 31.7. The highest BCUT2D eigenvalue weighted by Gasteiger charge is 2.53. The Kier molecular flexibility index (Phi) is 8.02. The first-order valence-electron chi connectivity index (χ1n) is 19.7. The van der Waals surface area contributed by atoms with E-state index in [-0.39, 0.29) is 39.1 Å². The van der Waals surface area contributed by atoms with Crippen molar-refractivity contribution in [3.63, 3.8) is 0 Å². The number of aryl methyl sites for hydroxylation is 1. The standard InChI is InChI=1S/C49H30B5N3O/c50-41-40(42(51)44(53)45(54)43(41)52)47-55-46(28-21-22-32-31-15-7-8-20-36(31)58-37(32)25-28)56-48(57-47)49-24-23-33(38-29(16-9-18-34(38)49)26-11-3-1-4-12-26)39-30(17-10-19-35(39)49)27-13-5-2-6-14-27/h1-6,8-14,16-22,25,33H,7,15,23-24H2. The van der Waals surface area contributed by atoms with E-state index in [1.165, 1.54) is 38.9 Å². The van der Waals surface area contributed by atoms with Crippen LogP contribution < -0.4 is 27.3 Å². The van der Waals surface area contributed by atoms with Crippen molar-refractivity contribution < 1.29 is 4.42 Å². The Morgan fingerprint density at radius 1 is 0.586 bits per heavy atom. The number of furan rings is 1. The third-order valence-electron chi connectivity index (χ3n) is 12.7. The molecule has 0 saturated heterocycles. The van der Waals surface area contributed by atoms with Crippen LogP contribution in [0.15, 0.2) is 126 Å². The summed E-state index contributed by atoms with van der Waals surface area (Å²) in [6, 6.07) is 40.7. The lowest BCUT2D eigenvalue weighted by Gasteiger charge is -2.50. The van der Waals surface area contributed by atoms with E-state index in [9.17, 15) is 0 Å². The molecule has 6 aromatic carbocycles. The minimum Gasteiger partial charge on any atom is -0.456 e. The van der Waals surface area contributed by atoms with Crippen LogP contribution in [0, 0.1) is 0 Å². The third-order valence-corrected chi connectivity index (χ3v) is 12.7. The second-order valence-electron chi connectivity index (χ2n) is 15.6. The third kappa shape index (κ3) is 5.05. The van der Waals surface area contributed by atoms with Gasteiger partial charge in [-0.2, -0.15) is 0 Å². The van der Waals surface area contributed by atoms with Gasteiger partial charge in [0.15, 0.2) is 11.6 Å². The molecule has 0 spiro atoms. The van der Waals surface area contributed by atoms with Gasteiger partial charge in [0.05, 0.1) is 5.41 Å². The number of nitrogens with zero attached hydrogens (tertiary/aromatic N) is 3. The number of fused-ring (bicyclic) bond motifs is 4. The molecule has 2 heterocycles. The maximum atomic E-state index is 6.77. The molecule has 0 N–H and O–H groups in total. The Morgan fingerprint density at radius 2 is 1.19 bits per heavy atom. The summed E-state index contributed by atoms with van der Waals surface area (Å²) in [6.07, 6.45) is 7.76. The molecule has 0 amide bonds. The fourth-order valence-electron chi connectivity index (χ4n) is 9.94. The highest BCUT2D eigenvalue weighted by atomic mass is 16.3. The van der Waals surface area contributed by atoms with Crippen molar-refractivity contribution in [1.29, 1.82) is 0 Å². The molecule has 58 heavy (non-hydrogen) atoms. The van der Waals surface area contributed by atoms with Crippen molar-refractivity contribution in [3.8, 4) is 45.0 Å². The van der Waals surface area contributed by atoms with Crippen LogP contribution in [0.2, 0.25) is 0 Å². The molecule has 262 valence electrons. The fraction of sp³-hybridized carbons (Fsp3) is 0.122. The molecule has 10 radical (unpaired) electrons. The van der Waals surface area contributed by atoms with Gasteiger partial charge in [-0.05, 0) is 82.3 Å². The van der Waals surface area contributed by atoms with Crippen molar-refractivity contribution >= 4 is 83.6 Å². The van der Waals surface area contributed by atoms with Gasteiger partial charge in [0, 0.05) is 28.0 Å². The van der Waals surface area contributed by atoms with E-state index in [1.807, 2.05) is 6.07 Å². The van der Waals surface area contributed by atoms with E-state index in [0.29, 0.717) is 17.2 Å². The average Bonchev–Trinajstić information content (AvgIpc) is 3.66. The predicted molar refractivity (Wildman–Crippen MR) is 239 cm³/mol. The second kappa shape index (κ2) is 13.2. The normalized spacial score (nSPS) is 17.6. The Hall–Kier alpha value is -6.07. The molecule has 0 fully saturated rings. The first-order chi connectivity index (χ1) is 28.3. The first kappa shape index (κ1) is 35.1. The van der Waals surface area contributed by atoms with Gasteiger partial charge in [-0.15, -0.1) is 16.4 Å². The van der Waals surface area contributed by atoms with Gasteiger partial charge in [-0.25, -0.2) is 15.0 Å². The van der Waals surface area contributed by atoms with Gasteiger partial charge in [-0.3, -0.25) is 0 Å². The van der Waals surface area contributed by atoms with E-state index in [4.69, 9.17) is 58.6 Å². The molecule has 0 unspecified atom stereocenters. The van der Waals surface area contributed by atoms with E-state index in [2.05, 4.69) is 121 Å². The van der Waals surface area contributed by atoms with Crippen molar-refractivity contribution in [3.05, 3.63) is 161 Å². The SMILES string of the molecule is [B]c1c([B])c([B])c(-c2nc(-c3ccc4c5c(oc4c3)C=CCC5)nc(C34CCC(c5c(-c6ccccc6)cccc53)c3c(-c5ccccc5)cccc34)n2)c([B])c1[B]. The first-order valence-corrected chi connectivity index (χ1v) is 19.7. The summed E-state index contributed by atoms with van der Waals surface area (Å²) in [4.78, 5) is 16.0. The van der Waals surface area contributed by atoms with E-state index in [1.54, 1.807) is 0 Å². The number of aromatic nitrogens is 3. The summed E-state index contributed by atoms with van der Waals surface area (Å²) >= 11 is 0. The lowest BCUT2D eigenvalue weighted by molar-refractivity contribution is 0.411. The largest absolute Gasteiger partial charge is 0.456 e. The number of rotatable bonds is 5. The Labute approximate surface area is 344 Å². The molecule has 4 aliphatic carbocycles. The van der Waals surface area contributed by atoms with Gasteiger partial charge in [-0.1, -0.05) is 126 Å². The van der Waals surface area contributed by atoms with Crippen LogP contribution in [-0.4, -0.2) is 54.2 Å². The van der Waals surface area contributed by atoms with Gasteiger partial charge >= 0.3 is 0 Å². The maximum absolute atomic E-state index is 6.77. The van der Waals surface area contributed by atoms with Gasteiger partial charge in [0.25, 0.3) is 0 Å². The molecule has 4 nitrogen and oxygen atoms in total. The van der Waals surface area contributed by atoms with Crippen LogP contribution in [0.1, 0.15) is 64.6 Å². The van der Waals surface area contributed by atoms with E-state index in [0.717, 1.165) is 59.1 Å². The van der Waals surface area contributed by atoms with Crippen LogP contribution in [0.4, 0.5) is 0 Å².